The van der Waals surface area contributed by atoms with E-state index in [4.69, 9.17) is 8.83 Å². The second-order valence-electron chi connectivity index (χ2n) is 19.6. The first-order chi connectivity index (χ1) is 32.0. The Hall–Kier alpha value is -4.96. The molecule has 6 heteroatoms. The number of allylic oxidation sites excluding steroid dienone is 2. The van der Waals surface area contributed by atoms with E-state index in [0.29, 0.717) is 0 Å². The molecule has 2 atom stereocenters. The fourth-order valence-corrected chi connectivity index (χ4v) is 42.3. The molecule has 327 valence electrons. The van der Waals surface area contributed by atoms with Crippen LogP contribution in [0.15, 0.2) is 154 Å². The summed E-state index contributed by atoms with van der Waals surface area (Å²) in [6.07, 6.45) is 11.4. The normalized spacial score (nSPS) is 17.8. The summed E-state index contributed by atoms with van der Waals surface area (Å²) in [5, 5.41) is 0. The van der Waals surface area contributed by atoms with E-state index >= 15 is 0 Å². The minimum absolute atomic E-state index is 0.201. The molecule has 2 aromatic heterocycles. The van der Waals surface area contributed by atoms with Crippen molar-refractivity contribution in [2.75, 3.05) is 0 Å². The molecule has 0 bridgehead atoms. The van der Waals surface area contributed by atoms with E-state index in [-0.39, 0.29) is 7.25 Å². The fraction of sp³-hybridized carbons (Fsp3) is 0.200. The van der Waals surface area contributed by atoms with Gasteiger partial charge in [-0.25, -0.2) is 0 Å². The van der Waals surface area contributed by atoms with Gasteiger partial charge in [-0.2, -0.15) is 0 Å². The Bertz CT molecular complexity index is 3070. The molecular weight excluding hydrogens is 943 g/mol. The maximum atomic E-state index is 9.25. The average Bonchev–Trinajstić information content (AvgIpc) is 4.21. The number of rotatable bonds is 9. The number of hydrogen-bond acceptors (Lipinski definition) is 2. The average molecular weight is 996 g/mol. The predicted octanol–water partition coefficient (Wildman–Crippen LogP) is 17.0. The second-order valence-corrected chi connectivity index (χ2v) is 62.2. The van der Waals surface area contributed by atoms with Crippen LogP contribution in [0.1, 0.15) is 87.6 Å². The zero-order chi connectivity index (χ0) is 44.9. The monoisotopic (exact) mass is 993 g/mol. The van der Waals surface area contributed by atoms with Crippen molar-refractivity contribution in [3.63, 3.8) is 0 Å². The molecule has 0 radical (unpaired) electrons. The standard InChI is InChI=1S/2C29H23O.C2H7Si.2ClH.Zr/c2*1-19-10-15-28(30-19)25-17-24-16-23-8-5-9-26(23)29(27(24)18-25)22-13-11-21(12-14-22)20-6-3-2-4-7-20;1-3-2;;;/h2*2-4,6-7,10-18H,5,8-9H2,1H3;3H,1-2H3;2*1H;/q;;;;;+2/p-2. The molecule has 2 unspecified atom stereocenters. The number of halogens is 2. The van der Waals surface area contributed by atoms with Crippen molar-refractivity contribution in [1.29, 1.82) is 0 Å². The van der Waals surface area contributed by atoms with Gasteiger partial charge in [-0.1, -0.05) is 0 Å². The van der Waals surface area contributed by atoms with Gasteiger partial charge in [-0.3, -0.25) is 0 Å². The third-order valence-electron chi connectivity index (χ3n) is 15.6. The Morgan fingerprint density at radius 2 is 0.848 bits per heavy atom. The van der Waals surface area contributed by atoms with Crippen LogP contribution >= 0.6 is 17.0 Å². The van der Waals surface area contributed by atoms with E-state index in [9.17, 15) is 17.0 Å². The number of furan rings is 2. The molecule has 0 spiro atoms. The van der Waals surface area contributed by atoms with E-state index in [2.05, 4.69) is 171 Å². The molecule has 0 N–H and O–H groups in total. The molecule has 0 saturated heterocycles. The molecule has 8 aromatic rings. The third kappa shape index (κ3) is 6.64. The Morgan fingerprint density at radius 3 is 1.21 bits per heavy atom. The van der Waals surface area contributed by atoms with Crippen molar-refractivity contribution in [2.45, 2.75) is 72.7 Å². The van der Waals surface area contributed by atoms with Gasteiger partial charge in [0.25, 0.3) is 0 Å². The van der Waals surface area contributed by atoms with Crippen LogP contribution in [0.3, 0.4) is 0 Å². The van der Waals surface area contributed by atoms with Crippen LogP contribution < -0.4 is 0 Å². The molecule has 2 nitrogen and oxygen atoms in total. The first-order valence-electron chi connectivity index (χ1n) is 23.9. The Balaban J connectivity index is 1.10. The SMILES string of the molecule is Cc1ccc(C2=Cc3c(cc4c(c3-c3ccc(-c5ccccc5)cc3)CCC4)[CH]2[Zr]([Cl])([Cl])([CH]2C(c3ccc(C)o3)=Cc3c2cc2c(c3-c3ccc(-c4ccccc4)cc3)CCC2)[SiH](C)C)o1. The van der Waals surface area contributed by atoms with Crippen molar-refractivity contribution >= 4 is 46.2 Å². The number of aryl methyl sites for hydroxylation is 4. The van der Waals surface area contributed by atoms with E-state index in [1.165, 1.54) is 89.0 Å². The zero-order valence-electron chi connectivity index (χ0n) is 38.1. The van der Waals surface area contributed by atoms with E-state index in [0.717, 1.165) is 72.7 Å². The summed E-state index contributed by atoms with van der Waals surface area (Å²) in [6, 6.07) is 53.4. The summed E-state index contributed by atoms with van der Waals surface area (Å²) in [5.74, 6) is 1.55. The summed E-state index contributed by atoms with van der Waals surface area (Å²) in [7, 11) is 18.5. The molecule has 2 heterocycles. The predicted molar refractivity (Wildman–Crippen MR) is 277 cm³/mol. The molecule has 4 aliphatic carbocycles. The van der Waals surface area contributed by atoms with Crippen molar-refractivity contribution < 1.29 is 24.4 Å². The van der Waals surface area contributed by atoms with E-state index < -0.39 is 21.5 Å². The summed E-state index contributed by atoms with van der Waals surface area (Å²) >= 11 is -5.47. The van der Waals surface area contributed by atoms with Gasteiger partial charge in [0.05, 0.1) is 0 Å². The Morgan fingerprint density at radius 1 is 0.470 bits per heavy atom. The van der Waals surface area contributed by atoms with Crippen molar-refractivity contribution in [3.05, 3.63) is 213 Å². The second kappa shape index (κ2) is 16.1. The summed E-state index contributed by atoms with van der Waals surface area (Å²) < 4.78 is 13.0. The number of benzene rings is 6. The van der Waals surface area contributed by atoms with Gasteiger partial charge in [0, 0.05) is 0 Å². The first kappa shape index (κ1) is 42.4. The van der Waals surface area contributed by atoms with E-state index in [1.54, 1.807) is 0 Å². The first-order valence-corrected chi connectivity index (χ1v) is 40.2. The molecule has 4 aliphatic rings. The van der Waals surface area contributed by atoms with Crippen molar-refractivity contribution in [3.8, 4) is 44.5 Å². The number of hydrogen-bond donors (Lipinski definition) is 0. The van der Waals surface area contributed by atoms with Gasteiger partial charge in [-0.05, 0) is 0 Å². The van der Waals surface area contributed by atoms with Crippen LogP contribution in [-0.2, 0) is 41.2 Å². The summed E-state index contributed by atoms with van der Waals surface area (Å²) in [4.78, 5) is 0. The van der Waals surface area contributed by atoms with Crippen LogP contribution in [0.2, 0.25) is 13.1 Å². The van der Waals surface area contributed by atoms with Gasteiger partial charge in [0.2, 0.25) is 0 Å². The Labute approximate surface area is 397 Å². The molecule has 66 heavy (non-hydrogen) atoms. The number of fused-ring (bicyclic) bond motifs is 4. The third-order valence-corrected chi connectivity index (χ3v) is 67.2. The quantitative estimate of drug-likeness (QED) is 0.135. The molecule has 0 amide bonds. The van der Waals surface area contributed by atoms with Crippen LogP contribution in [0, 0.1) is 13.8 Å². The maximum absolute atomic E-state index is 9.25. The van der Waals surface area contributed by atoms with Crippen LogP contribution in [-0.4, -0.2) is 5.92 Å². The van der Waals surface area contributed by atoms with Gasteiger partial charge in [0.1, 0.15) is 0 Å². The fourth-order valence-electron chi connectivity index (χ4n) is 12.4. The van der Waals surface area contributed by atoms with Crippen molar-refractivity contribution in [1.82, 2.24) is 0 Å². The van der Waals surface area contributed by atoms with Gasteiger partial charge >= 0.3 is 401 Å². The van der Waals surface area contributed by atoms with Crippen LogP contribution in [0.5, 0.6) is 0 Å². The van der Waals surface area contributed by atoms with Gasteiger partial charge < -0.3 is 0 Å². The van der Waals surface area contributed by atoms with Gasteiger partial charge in [0.15, 0.2) is 0 Å². The van der Waals surface area contributed by atoms with Gasteiger partial charge in [-0.15, -0.1) is 0 Å². The molecule has 0 aliphatic heterocycles. The molecule has 0 saturated carbocycles. The molecule has 0 fully saturated rings. The minimum atomic E-state index is -5.47. The van der Waals surface area contributed by atoms with E-state index in [1.807, 2.05) is 13.8 Å². The summed E-state index contributed by atoms with van der Waals surface area (Å²) in [6.45, 7) is 8.99. The zero-order valence-corrected chi connectivity index (χ0v) is 43.2. The topological polar surface area (TPSA) is 26.3 Å². The molecular formula is C60H53Cl2O2SiZr. The Kier molecular flexibility index (Phi) is 10.3. The summed E-state index contributed by atoms with van der Waals surface area (Å²) in [5.41, 5.74) is 23.2. The molecule has 12 rings (SSSR count). The van der Waals surface area contributed by atoms with Crippen LogP contribution in [0.25, 0.3) is 67.8 Å². The molecule has 6 aromatic carbocycles. The van der Waals surface area contributed by atoms with Crippen LogP contribution in [0.4, 0.5) is 0 Å². The van der Waals surface area contributed by atoms with Crippen molar-refractivity contribution in [2.24, 2.45) is 0 Å².